The maximum absolute atomic E-state index is 12.8. The van der Waals surface area contributed by atoms with Gasteiger partial charge < -0.3 is 14.8 Å². The number of unbranched alkanes of at least 4 members (excludes halogenated alkanes) is 3. The Morgan fingerprint density at radius 3 is 2.72 bits per heavy atom. The molecule has 29 heavy (non-hydrogen) atoms. The second-order valence-corrected chi connectivity index (χ2v) is 7.38. The number of nitrogens with one attached hydrogen (secondary N) is 1. The fourth-order valence-electron chi connectivity index (χ4n) is 3.44. The van der Waals surface area contributed by atoms with Crippen LogP contribution in [0.25, 0.3) is 0 Å². The molecule has 6 nitrogen and oxygen atoms in total. The highest BCUT2D eigenvalue weighted by atomic mass is 16.5. The molecule has 0 spiro atoms. The summed E-state index contributed by atoms with van der Waals surface area (Å²) in [6, 6.07) is -0.215. The Hall–Kier alpha value is -2.08. The van der Waals surface area contributed by atoms with E-state index in [0.29, 0.717) is 31.7 Å². The first-order chi connectivity index (χ1) is 14.0. The summed E-state index contributed by atoms with van der Waals surface area (Å²) in [4.78, 5) is 26.8. The van der Waals surface area contributed by atoms with Gasteiger partial charge in [0.1, 0.15) is 12.0 Å². The van der Waals surface area contributed by atoms with E-state index in [4.69, 9.17) is 9.47 Å². The van der Waals surface area contributed by atoms with E-state index in [-0.39, 0.29) is 23.7 Å². The number of nitrogens with zero attached hydrogens (tertiary/aromatic N) is 1. The Kier molecular flexibility index (Phi) is 12.8. The van der Waals surface area contributed by atoms with Gasteiger partial charge in [-0.05, 0) is 32.4 Å². The second kappa shape index (κ2) is 14.9. The highest BCUT2D eigenvalue weighted by Gasteiger charge is 2.31. The van der Waals surface area contributed by atoms with Crippen molar-refractivity contribution in [3.63, 3.8) is 0 Å². The summed E-state index contributed by atoms with van der Waals surface area (Å²) < 4.78 is 10.2. The van der Waals surface area contributed by atoms with Crippen LogP contribution in [0.4, 0.5) is 0 Å². The minimum atomic E-state index is -0.215. The van der Waals surface area contributed by atoms with Crippen molar-refractivity contribution in [1.82, 2.24) is 10.2 Å². The number of piperidine rings is 1. The van der Waals surface area contributed by atoms with Crippen molar-refractivity contribution in [1.29, 1.82) is 0 Å². The zero-order valence-electron chi connectivity index (χ0n) is 18.5. The molecule has 0 saturated carbocycles. The van der Waals surface area contributed by atoms with Crippen LogP contribution in [0.3, 0.4) is 0 Å². The summed E-state index contributed by atoms with van der Waals surface area (Å²) in [7, 11) is 3.15. The van der Waals surface area contributed by atoms with E-state index in [1.165, 1.54) is 19.1 Å². The lowest BCUT2D eigenvalue weighted by Crippen LogP contribution is -2.52. The number of amides is 1. The number of carbonyl (C=O) groups excluding carboxylic acids is 2. The Morgan fingerprint density at radius 2 is 2.07 bits per heavy atom. The number of likely N-dealkylation sites (tertiary alicyclic amines) is 1. The maximum Gasteiger partial charge on any atom is 0.237 e. The maximum atomic E-state index is 12.8. The van der Waals surface area contributed by atoms with Gasteiger partial charge in [-0.1, -0.05) is 44.4 Å². The summed E-state index contributed by atoms with van der Waals surface area (Å²) in [5.41, 5.74) is 0. The Labute approximate surface area is 176 Å². The molecule has 1 N–H and O–H groups in total. The topological polar surface area (TPSA) is 67.9 Å². The van der Waals surface area contributed by atoms with Crippen LogP contribution in [-0.2, 0) is 19.1 Å². The van der Waals surface area contributed by atoms with Gasteiger partial charge in [-0.25, -0.2) is 0 Å². The first kappa shape index (κ1) is 25.0. The van der Waals surface area contributed by atoms with Crippen molar-refractivity contribution in [2.75, 3.05) is 33.9 Å². The molecule has 1 aliphatic heterocycles. The van der Waals surface area contributed by atoms with Crippen molar-refractivity contribution < 1.29 is 19.1 Å². The van der Waals surface area contributed by atoms with E-state index >= 15 is 0 Å². The van der Waals surface area contributed by atoms with Crippen LogP contribution in [0.5, 0.6) is 0 Å². The Balaban J connectivity index is 2.65. The molecule has 6 heteroatoms. The van der Waals surface area contributed by atoms with Crippen LogP contribution in [0.2, 0.25) is 0 Å². The molecular formula is C23H38N2O4. The highest BCUT2D eigenvalue weighted by molar-refractivity contribution is 5.87. The van der Waals surface area contributed by atoms with E-state index in [1.54, 1.807) is 14.2 Å². The average molecular weight is 407 g/mol. The molecule has 1 rings (SSSR count). The van der Waals surface area contributed by atoms with Crippen LogP contribution in [-0.4, -0.2) is 56.5 Å². The van der Waals surface area contributed by atoms with Gasteiger partial charge in [0.05, 0.1) is 26.8 Å². The summed E-state index contributed by atoms with van der Waals surface area (Å²) in [6.07, 6.45) is 15.0. The molecular weight excluding hydrogens is 368 g/mol. The molecule has 1 fully saturated rings. The summed E-state index contributed by atoms with van der Waals surface area (Å²) >= 11 is 0. The van der Waals surface area contributed by atoms with Crippen LogP contribution >= 0.6 is 0 Å². The second-order valence-electron chi connectivity index (χ2n) is 7.38. The van der Waals surface area contributed by atoms with Crippen molar-refractivity contribution in [2.45, 2.75) is 58.4 Å². The van der Waals surface area contributed by atoms with Gasteiger partial charge in [0.25, 0.3) is 0 Å². The number of ether oxygens (including phenoxy) is 2. The first-order valence-corrected chi connectivity index (χ1v) is 10.7. The van der Waals surface area contributed by atoms with Crippen molar-refractivity contribution >= 4 is 11.7 Å². The smallest absolute Gasteiger partial charge is 0.237 e. The van der Waals surface area contributed by atoms with Gasteiger partial charge in [0.15, 0.2) is 5.76 Å². The van der Waals surface area contributed by atoms with E-state index in [9.17, 15) is 9.59 Å². The minimum absolute atomic E-state index is 0.00953. The number of methoxy groups -OCH3 is 2. The van der Waals surface area contributed by atoms with Gasteiger partial charge in [-0.3, -0.25) is 14.5 Å². The van der Waals surface area contributed by atoms with Crippen LogP contribution in [0.15, 0.2) is 36.3 Å². The van der Waals surface area contributed by atoms with Crippen molar-refractivity contribution in [2.24, 2.45) is 5.92 Å². The Bertz CT molecular complexity index is 583. The van der Waals surface area contributed by atoms with E-state index in [2.05, 4.69) is 17.1 Å². The largest absolute Gasteiger partial charge is 0.501 e. The molecule has 0 aliphatic carbocycles. The molecule has 0 aromatic carbocycles. The minimum Gasteiger partial charge on any atom is -0.501 e. The van der Waals surface area contributed by atoms with Crippen LogP contribution < -0.4 is 5.32 Å². The molecule has 0 radical (unpaired) electrons. The SMILES string of the molecule is C/C=C\C(C=C/C(=C/OC)OC)CNC(=O)C1CCC(=O)CN1CCCCCC. The lowest BCUT2D eigenvalue weighted by Gasteiger charge is -2.34. The lowest BCUT2D eigenvalue weighted by atomic mass is 9.99. The number of Topliss-reactive ketones (excluding diaryl/α,β-unsaturated/α-hetero) is 1. The quantitative estimate of drug-likeness (QED) is 0.219. The van der Waals surface area contributed by atoms with Gasteiger partial charge >= 0.3 is 0 Å². The predicted octanol–water partition coefficient (Wildman–Crippen LogP) is 3.60. The number of carbonyl (C=O) groups is 2. The molecule has 0 aromatic rings. The van der Waals surface area contributed by atoms with Crippen LogP contribution in [0.1, 0.15) is 52.4 Å². The van der Waals surface area contributed by atoms with Gasteiger partial charge in [-0.2, -0.15) is 0 Å². The molecule has 0 bridgehead atoms. The lowest BCUT2D eigenvalue weighted by molar-refractivity contribution is -0.132. The molecule has 1 aliphatic rings. The summed E-state index contributed by atoms with van der Waals surface area (Å²) in [5, 5.41) is 3.07. The molecule has 2 unspecified atom stereocenters. The molecule has 164 valence electrons. The van der Waals surface area contributed by atoms with E-state index in [1.807, 2.05) is 31.2 Å². The van der Waals surface area contributed by atoms with E-state index < -0.39 is 0 Å². The predicted molar refractivity (Wildman–Crippen MR) is 116 cm³/mol. The zero-order valence-corrected chi connectivity index (χ0v) is 18.5. The van der Waals surface area contributed by atoms with Crippen LogP contribution in [0, 0.1) is 5.92 Å². The third-order valence-corrected chi connectivity index (χ3v) is 5.05. The third-order valence-electron chi connectivity index (χ3n) is 5.05. The fourth-order valence-corrected chi connectivity index (χ4v) is 3.44. The highest BCUT2D eigenvalue weighted by Crippen LogP contribution is 2.17. The fraction of sp³-hybridized carbons (Fsp3) is 0.652. The molecule has 1 heterocycles. The van der Waals surface area contributed by atoms with E-state index in [0.717, 1.165) is 19.4 Å². The Morgan fingerprint density at radius 1 is 1.28 bits per heavy atom. The standard InChI is InChI=1S/C23H38N2O4/c1-5-7-8-9-15-25-17-20(26)12-14-22(25)23(27)24-16-19(10-6-2)11-13-21(29-4)18-28-3/h6,10-11,13,18-19,22H,5,7-9,12,14-17H2,1-4H3,(H,24,27)/b10-6-,13-11?,21-18-. The van der Waals surface area contributed by atoms with Gasteiger partial charge in [-0.15, -0.1) is 0 Å². The molecule has 1 amide bonds. The number of hydrogen-bond donors (Lipinski definition) is 1. The average Bonchev–Trinajstić information content (AvgIpc) is 2.72. The monoisotopic (exact) mass is 406 g/mol. The number of ketones is 1. The number of hydrogen-bond acceptors (Lipinski definition) is 5. The molecule has 2 atom stereocenters. The van der Waals surface area contributed by atoms with Crippen molar-refractivity contribution in [3.8, 4) is 0 Å². The van der Waals surface area contributed by atoms with Gasteiger partial charge in [0.2, 0.25) is 5.91 Å². The number of rotatable bonds is 13. The zero-order chi connectivity index (χ0) is 21.5. The number of allylic oxidation sites excluding steroid dienone is 2. The first-order valence-electron chi connectivity index (χ1n) is 10.7. The molecule has 1 saturated heterocycles. The third kappa shape index (κ3) is 9.79. The summed E-state index contributed by atoms with van der Waals surface area (Å²) in [5.74, 6) is 0.895. The normalized spacial score (nSPS) is 19.7. The summed E-state index contributed by atoms with van der Waals surface area (Å²) in [6.45, 7) is 5.83. The van der Waals surface area contributed by atoms with Gasteiger partial charge in [0, 0.05) is 18.9 Å². The molecule has 0 aromatic heterocycles. The van der Waals surface area contributed by atoms with Crippen molar-refractivity contribution in [3.05, 3.63) is 36.3 Å².